The van der Waals surface area contributed by atoms with Crippen LogP contribution in [0.5, 0.6) is 5.75 Å². The fourth-order valence-electron chi connectivity index (χ4n) is 1.82. The quantitative estimate of drug-likeness (QED) is 0.401. The molecule has 4 N–H and O–H groups in total. The molecule has 0 radical (unpaired) electrons. The van der Waals surface area contributed by atoms with E-state index in [1.165, 1.54) is 12.1 Å². The number of carbonyl (C=O) groups is 1. The maximum atomic E-state index is 10.5. The van der Waals surface area contributed by atoms with Crippen LogP contribution in [-0.2, 0) is 0 Å². The van der Waals surface area contributed by atoms with Crippen molar-refractivity contribution in [1.29, 1.82) is 0 Å². The number of aromatic hydroxyl groups is 1. The topological polar surface area (TPSA) is 112 Å². The van der Waals surface area contributed by atoms with Gasteiger partial charge in [0.2, 0.25) is 0 Å². The second kappa shape index (κ2) is 5.66. The molecule has 1 aliphatic heterocycles. The van der Waals surface area contributed by atoms with E-state index in [1.54, 1.807) is 7.05 Å². The Labute approximate surface area is 126 Å². The van der Waals surface area contributed by atoms with E-state index < -0.39 is 12.1 Å². The minimum absolute atomic E-state index is 0. The molecule has 0 aromatic heterocycles. The predicted octanol–water partition coefficient (Wildman–Crippen LogP) is -1.96. The molecule has 8 heteroatoms. The number of amides is 2. The Morgan fingerprint density at radius 1 is 1.56 bits per heavy atom. The monoisotopic (exact) mass is 259 g/mol. The van der Waals surface area contributed by atoms with Gasteiger partial charge in [-0.25, -0.2) is 4.79 Å². The Morgan fingerprint density at radius 3 is 2.83 bits per heavy atom. The van der Waals surface area contributed by atoms with E-state index in [2.05, 4.69) is 10.2 Å². The van der Waals surface area contributed by atoms with Crippen molar-refractivity contribution in [2.45, 2.75) is 6.10 Å². The molecular weight excluding hydrogens is 247 g/mol. The van der Waals surface area contributed by atoms with Gasteiger partial charge in [0.15, 0.2) is 0 Å². The van der Waals surface area contributed by atoms with Crippen LogP contribution in [0.25, 0.3) is 0 Å². The number of nitrogens with two attached hydrogens (primary N) is 1. The van der Waals surface area contributed by atoms with Crippen LogP contribution in [0, 0.1) is 0 Å². The number of aliphatic hydroxyl groups excluding tert-OH is 1. The molecule has 2 rings (SSSR count). The number of anilines is 1. The van der Waals surface area contributed by atoms with E-state index in [4.69, 9.17) is 5.73 Å². The number of nitrogens with zero attached hydrogens (tertiary/aromatic N) is 3. The molecule has 18 heavy (non-hydrogen) atoms. The molecule has 1 aromatic rings. The van der Waals surface area contributed by atoms with Crippen LogP contribution in [0.15, 0.2) is 22.4 Å². The number of hydrogen-bond acceptors (Lipinski definition) is 5. The van der Waals surface area contributed by atoms with Gasteiger partial charge >= 0.3 is 35.6 Å². The summed E-state index contributed by atoms with van der Waals surface area (Å²) in [6.45, 7) is 0.450. The molecule has 0 fully saturated rings. The Kier molecular flexibility index (Phi) is 4.69. The van der Waals surface area contributed by atoms with E-state index in [0.29, 0.717) is 12.1 Å². The van der Waals surface area contributed by atoms with Gasteiger partial charge in [-0.3, -0.25) is 0 Å². The van der Waals surface area contributed by atoms with Gasteiger partial charge in [-0.2, -0.15) is 0 Å². The van der Waals surface area contributed by atoms with E-state index >= 15 is 0 Å². The summed E-state index contributed by atoms with van der Waals surface area (Å²) in [5.41, 5.74) is 6.29. The van der Waals surface area contributed by atoms with Crippen LogP contribution < -0.4 is 40.2 Å². The second-order valence-electron chi connectivity index (χ2n) is 3.83. The Bertz CT molecular complexity index is 506. The molecule has 0 aliphatic carbocycles. The summed E-state index contributed by atoms with van der Waals surface area (Å²) in [5.74, 6) is -0.116. The van der Waals surface area contributed by atoms with E-state index in [0.717, 1.165) is 5.69 Å². The van der Waals surface area contributed by atoms with Crippen molar-refractivity contribution in [3.63, 3.8) is 0 Å². The average molecular weight is 259 g/mol. The van der Waals surface area contributed by atoms with E-state index in [1.807, 2.05) is 4.90 Å². The number of rotatable bonds is 1. The minimum atomic E-state index is -0.942. The number of phenolic OH excluding ortho intramolecular Hbond substituents is 1. The molecule has 90 valence electrons. The molecular formula is C10H12N4NaO3+. The molecule has 1 atom stereocenters. The first-order valence-electron chi connectivity index (χ1n) is 4.96. The number of β-amino-alcohol motifs (C(OH)–C–C–N with tert-alkyl or cyclic N) is 1. The molecule has 1 aliphatic rings. The number of azo groups is 1. The molecule has 1 aromatic carbocycles. The molecule has 0 bridgehead atoms. The van der Waals surface area contributed by atoms with Crippen LogP contribution in [0.4, 0.5) is 16.2 Å². The zero-order valence-electron chi connectivity index (χ0n) is 10.2. The number of likely N-dealkylation sites (N-methyl/N-ethyl adjacent to an activating group) is 1. The van der Waals surface area contributed by atoms with Gasteiger partial charge in [0.25, 0.3) is 0 Å². The van der Waals surface area contributed by atoms with Crippen molar-refractivity contribution in [3.8, 4) is 5.75 Å². The third kappa shape index (κ3) is 2.81. The molecule has 2 amide bonds. The summed E-state index contributed by atoms with van der Waals surface area (Å²) in [6.07, 6.45) is -0.641. The number of benzene rings is 1. The van der Waals surface area contributed by atoms with Crippen molar-refractivity contribution in [2.75, 3.05) is 18.5 Å². The minimum Gasteiger partial charge on any atom is -0.506 e. The molecule has 7 nitrogen and oxygen atoms in total. The largest absolute Gasteiger partial charge is 1.00 e. The number of phenols is 1. The number of aliphatic hydroxyl groups is 1. The third-order valence-corrected chi connectivity index (χ3v) is 2.60. The maximum absolute atomic E-state index is 10.5. The molecule has 0 saturated carbocycles. The van der Waals surface area contributed by atoms with Gasteiger partial charge in [0.1, 0.15) is 11.4 Å². The van der Waals surface area contributed by atoms with Crippen molar-refractivity contribution < 1.29 is 44.6 Å². The normalized spacial score (nSPS) is 17.7. The summed E-state index contributed by atoms with van der Waals surface area (Å²) in [5, 5.41) is 26.1. The van der Waals surface area contributed by atoms with Gasteiger partial charge in [0.05, 0.1) is 6.10 Å². The summed E-state index contributed by atoms with van der Waals surface area (Å²) >= 11 is 0. The third-order valence-electron chi connectivity index (χ3n) is 2.60. The van der Waals surface area contributed by atoms with Crippen LogP contribution in [0.1, 0.15) is 11.7 Å². The average Bonchev–Trinajstić information content (AvgIpc) is 2.51. The molecule has 1 heterocycles. The fraction of sp³-hybridized carbons (Fsp3) is 0.300. The van der Waals surface area contributed by atoms with Gasteiger partial charge in [-0.15, -0.1) is 5.11 Å². The van der Waals surface area contributed by atoms with Crippen LogP contribution >= 0.6 is 0 Å². The Balaban J connectivity index is 0.00000162. The summed E-state index contributed by atoms with van der Waals surface area (Å²) < 4.78 is 0. The van der Waals surface area contributed by atoms with Gasteiger partial charge in [-0.1, -0.05) is 5.11 Å². The van der Waals surface area contributed by atoms with Crippen LogP contribution in [0.2, 0.25) is 0 Å². The van der Waals surface area contributed by atoms with Gasteiger partial charge < -0.3 is 20.8 Å². The first kappa shape index (κ1) is 14.9. The molecule has 0 saturated heterocycles. The SMILES string of the molecule is CN1CC(O)c2cc(N=NC(N)=O)c(O)cc21.[Na+]. The second-order valence-corrected chi connectivity index (χ2v) is 3.83. The summed E-state index contributed by atoms with van der Waals surface area (Å²) in [7, 11) is 1.80. The van der Waals surface area contributed by atoms with Crippen LogP contribution in [0.3, 0.4) is 0 Å². The Morgan fingerprint density at radius 2 is 2.22 bits per heavy atom. The zero-order chi connectivity index (χ0) is 12.6. The zero-order valence-corrected chi connectivity index (χ0v) is 12.2. The van der Waals surface area contributed by atoms with Crippen molar-refractivity contribution in [3.05, 3.63) is 17.7 Å². The summed E-state index contributed by atoms with van der Waals surface area (Å²) in [4.78, 5) is 12.3. The number of urea groups is 1. The first-order chi connectivity index (χ1) is 7.99. The van der Waals surface area contributed by atoms with Crippen molar-refractivity contribution in [2.24, 2.45) is 16.0 Å². The van der Waals surface area contributed by atoms with E-state index in [-0.39, 0.29) is 41.0 Å². The maximum Gasteiger partial charge on any atom is 1.00 e. The number of hydrogen-bond donors (Lipinski definition) is 3. The molecule has 1 unspecified atom stereocenters. The number of carbonyl (C=O) groups excluding carboxylic acids is 1. The van der Waals surface area contributed by atoms with Gasteiger partial charge in [-0.05, 0) is 6.07 Å². The van der Waals surface area contributed by atoms with Crippen molar-refractivity contribution in [1.82, 2.24) is 0 Å². The smallest absolute Gasteiger partial charge is 0.506 e. The number of primary amides is 1. The van der Waals surface area contributed by atoms with E-state index in [9.17, 15) is 15.0 Å². The summed E-state index contributed by atoms with van der Waals surface area (Å²) in [6, 6.07) is 2.02. The number of fused-ring (bicyclic) bond motifs is 1. The van der Waals surface area contributed by atoms with Crippen molar-refractivity contribution >= 4 is 17.4 Å². The first-order valence-corrected chi connectivity index (χ1v) is 4.96. The predicted molar refractivity (Wildman–Crippen MR) is 60.4 cm³/mol. The fourth-order valence-corrected chi connectivity index (χ4v) is 1.82. The standard InChI is InChI=1S/C10H12N4O3.Na/c1-14-4-9(16)5-2-6(12-13-10(11)17)8(15)3-7(5)14;/h2-3,9,15-16H,4H2,1H3,(H2,11,17);/q;+1. The van der Waals surface area contributed by atoms with Crippen LogP contribution in [-0.4, -0.2) is 29.8 Å². The Hall–Kier alpha value is -1.15. The van der Waals surface area contributed by atoms with Gasteiger partial charge in [0, 0.05) is 30.9 Å². The molecule has 0 spiro atoms.